The van der Waals surface area contributed by atoms with Crippen LogP contribution in [0.25, 0.3) is 0 Å². The normalized spacial score (nSPS) is 10.4. The van der Waals surface area contributed by atoms with Gasteiger partial charge in [0.05, 0.1) is 9.50 Å². The number of anilines is 1. The molecule has 0 aliphatic carbocycles. The highest BCUT2D eigenvalue weighted by molar-refractivity contribution is 9.10. The Labute approximate surface area is 141 Å². The van der Waals surface area contributed by atoms with Crippen molar-refractivity contribution in [1.29, 1.82) is 0 Å². The molecule has 3 nitrogen and oxygen atoms in total. The zero-order chi connectivity index (χ0) is 16.3. The Balaban J connectivity index is 2.00. The fraction of sp³-hybridized carbons (Fsp3) is 0.188. The molecule has 1 N–H and O–H groups in total. The van der Waals surface area contributed by atoms with Crippen molar-refractivity contribution in [3.05, 3.63) is 56.8 Å². The van der Waals surface area contributed by atoms with E-state index in [1.54, 1.807) is 0 Å². The average Bonchev–Trinajstić information content (AvgIpc) is 2.41. The molecular formula is C16H14BrClFNO2. The van der Waals surface area contributed by atoms with Crippen LogP contribution in [0.1, 0.15) is 11.1 Å². The van der Waals surface area contributed by atoms with Gasteiger partial charge in [-0.3, -0.25) is 4.79 Å². The van der Waals surface area contributed by atoms with Gasteiger partial charge in [-0.1, -0.05) is 17.7 Å². The van der Waals surface area contributed by atoms with E-state index in [9.17, 15) is 9.18 Å². The minimum atomic E-state index is -0.532. The summed E-state index contributed by atoms with van der Waals surface area (Å²) in [7, 11) is 0. The number of carbonyl (C=O) groups is 1. The Bertz CT molecular complexity index is 698. The second kappa shape index (κ2) is 7.11. The van der Waals surface area contributed by atoms with Crippen LogP contribution in [0.5, 0.6) is 5.75 Å². The van der Waals surface area contributed by atoms with E-state index in [0.29, 0.717) is 11.4 Å². The van der Waals surface area contributed by atoms with Crippen LogP contribution >= 0.6 is 27.5 Å². The molecule has 116 valence electrons. The number of amides is 1. The topological polar surface area (TPSA) is 38.3 Å². The number of ether oxygens (including phenoxy) is 1. The Morgan fingerprint density at radius 2 is 2.05 bits per heavy atom. The maximum atomic E-state index is 13.1. The molecule has 0 aliphatic rings. The predicted molar refractivity (Wildman–Crippen MR) is 89.2 cm³/mol. The molecule has 6 heteroatoms. The molecule has 0 saturated carbocycles. The Morgan fingerprint density at radius 1 is 1.32 bits per heavy atom. The minimum absolute atomic E-state index is 0.0455. The maximum Gasteiger partial charge on any atom is 0.262 e. The molecular weight excluding hydrogens is 373 g/mol. The van der Waals surface area contributed by atoms with Gasteiger partial charge in [0.1, 0.15) is 11.6 Å². The summed E-state index contributed by atoms with van der Waals surface area (Å²) < 4.78 is 19.4. The summed E-state index contributed by atoms with van der Waals surface area (Å²) in [4.78, 5) is 11.9. The molecule has 0 radical (unpaired) electrons. The molecule has 0 unspecified atom stereocenters. The fourth-order valence-corrected chi connectivity index (χ4v) is 2.96. The van der Waals surface area contributed by atoms with Crippen molar-refractivity contribution in [2.45, 2.75) is 13.8 Å². The van der Waals surface area contributed by atoms with Crippen LogP contribution in [0.4, 0.5) is 10.1 Å². The summed E-state index contributed by atoms with van der Waals surface area (Å²) in [6, 6.07) is 7.87. The van der Waals surface area contributed by atoms with E-state index in [4.69, 9.17) is 16.3 Å². The first-order valence-electron chi connectivity index (χ1n) is 6.51. The molecule has 0 aromatic heterocycles. The maximum absolute atomic E-state index is 13.1. The molecule has 0 atom stereocenters. The van der Waals surface area contributed by atoms with Gasteiger partial charge in [-0.05, 0) is 65.2 Å². The van der Waals surface area contributed by atoms with Gasteiger partial charge in [0.25, 0.3) is 5.91 Å². The van der Waals surface area contributed by atoms with E-state index in [0.717, 1.165) is 15.6 Å². The SMILES string of the molecule is Cc1cc(C)c(OCC(=O)Nc2ccc(F)c(Cl)c2)c(Br)c1. The third-order valence-electron chi connectivity index (χ3n) is 2.92. The first-order valence-corrected chi connectivity index (χ1v) is 7.68. The lowest BCUT2D eigenvalue weighted by molar-refractivity contribution is -0.118. The van der Waals surface area contributed by atoms with Crippen LogP contribution in [0.15, 0.2) is 34.8 Å². The highest BCUT2D eigenvalue weighted by Gasteiger charge is 2.10. The van der Waals surface area contributed by atoms with E-state index in [1.807, 2.05) is 26.0 Å². The molecule has 2 aromatic rings. The number of benzene rings is 2. The smallest absolute Gasteiger partial charge is 0.262 e. The molecule has 1 amide bonds. The van der Waals surface area contributed by atoms with Crippen molar-refractivity contribution in [2.24, 2.45) is 0 Å². The molecule has 0 aliphatic heterocycles. The van der Waals surface area contributed by atoms with Crippen LogP contribution in [0.3, 0.4) is 0 Å². The van der Waals surface area contributed by atoms with E-state index >= 15 is 0 Å². The number of halogens is 3. The highest BCUT2D eigenvalue weighted by Crippen LogP contribution is 2.30. The monoisotopic (exact) mass is 385 g/mol. The molecule has 0 bridgehead atoms. The molecule has 2 aromatic carbocycles. The minimum Gasteiger partial charge on any atom is -0.482 e. The number of rotatable bonds is 4. The first-order chi connectivity index (χ1) is 10.4. The van der Waals surface area contributed by atoms with Crippen molar-refractivity contribution in [3.63, 3.8) is 0 Å². The van der Waals surface area contributed by atoms with Gasteiger partial charge in [-0.2, -0.15) is 0 Å². The first kappa shape index (κ1) is 16.8. The summed E-state index contributed by atoms with van der Waals surface area (Å²) in [5.74, 6) is -0.262. The number of nitrogens with one attached hydrogen (secondary N) is 1. The Morgan fingerprint density at radius 3 is 2.68 bits per heavy atom. The van der Waals surface area contributed by atoms with Crippen LogP contribution in [0.2, 0.25) is 5.02 Å². The second-order valence-electron chi connectivity index (χ2n) is 4.86. The quantitative estimate of drug-likeness (QED) is 0.813. The Hall–Kier alpha value is -1.59. The van der Waals surface area contributed by atoms with Gasteiger partial charge in [0.2, 0.25) is 0 Å². The zero-order valence-electron chi connectivity index (χ0n) is 12.0. The van der Waals surface area contributed by atoms with Gasteiger partial charge in [0, 0.05) is 5.69 Å². The number of carbonyl (C=O) groups excluding carboxylic acids is 1. The van der Waals surface area contributed by atoms with Gasteiger partial charge < -0.3 is 10.1 Å². The zero-order valence-corrected chi connectivity index (χ0v) is 14.4. The van der Waals surface area contributed by atoms with Gasteiger partial charge in [-0.15, -0.1) is 0 Å². The molecule has 0 saturated heterocycles. The second-order valence-corrected chi connectivity index (χ2v) is 6.12. The average molecular weight is 387 g/mol. The van der Waals surface area contributed by atoms with Crippen LogP contribution in [-0.2, 0) is 4.79 Å². The van der Waals surface area contributed by atoms with Gasteiger partial charge in [0.15, 0.2) is 6.61 Å². The molecule has 0 fully saturated rings. The standard InChI is InChI=1S/C16H14BrClFNO2/c1-9-5-10(2)16(12(17)6-9)22-8-15(21)20-11-3-4-14(19)13(18)7-11/h3-7H,8H2,1-2H3,(H,20,21). The summed E-state index contributed by atoms with van der Waals surface area (Å²) in [6.07, 6.45) is 0. The van der Waals surface area contributed by atoms with E-state index in [1.165, 1.54) is 18.2 Å². The van der Waals surface area contributed by atoms with Crippen LogP contribution < -0.4 is 10.1 Å². The lowest BCUT2D eigenvalue weighted by Crippen LogP contribution is -2.20. The highest BCUT2D eigenvalue weighted by atomic mass is 79.9. The molecule has 2 rings (SSSR count). The summed E-state index contributed by atoms with van der Waals surface area (Å²) in [6.45, 7) is 3.73. The molecule has 0 heterocycles. The lowest BCUT2D eigenvalue weighted by Gasteiger charge is -2.12. The van der Waals surface area contributed by atoms with Crippen molar-refractivity contribution in [2.75, 3.05) is 11.9 Å². The van der Waals surface area contributed by atoms with Crippen molar-refractivity contribution in [3.8, 4) is 5.75 Å². The molecule has 0 spiro atoms. The number of hydrogen-bond donors (Lipinski definition) is 1. The number of aryl methyl sites for hydroxylation is 2. The van der Waals surface area contributed by atoms with Gasteiger partial charge >= 0.3 is 0 Å². The lowest BCUT2D eigenvalue weighted by atomic mass is 10.1. The molecule has 22 heavy (non-hydrogen) atoms. The van der Waals surface area contributed by atoms with Crippen molar-refractivity contribution < 1.29 is 13.9 Å². The van der Waals surface area contributed by atoms with E-state index < -0.39 is 5.82 Å². The summed E-state index contributed by atoms with van der Waals surface area (Å²) in [5, 5.41) is 2.55. The van der Waals surface area contributed by atoms with Gasteiger partial charge in [-0.25, -0.2) is 4.39 Å². The number of hydrogen-bond acceptors (Lipinski definition) is 2. The predicted octanol–water partition coefficient (Wildman–Crippen LogP) is 4.88. The van der Waals surface area contributed by atoms with E-state index in [-0.39, 0.29) is 17.5 Å². The van der Waals surface area contributed by atoms with Crippen LogP contribution in [0, 0.1) is 19.7 Å². The van der Waals surface area contributed by atoms with Crippen LogP contribution in [-0.4, -0.2) is 12.5 Å². The summed E-state index contributed by atoms with van der Waals surface area (Å²) in [5.41, 5.74) is 2.45. The third-order valence-corrected chi connectivity index (χ3v) is 3.80. The van der Waals surface area contributed by atoms with Crippen molar-refractivity contribution >= 4 is 39.1 Å². The van der Waals surface area contributed by atoms with Crippen molar-refractivity contribution in [1.82, 2.24) is 0 Å². The fourth-order valence-electron chi connectivity index (χ4n) is 1.99. The largest absolute Gasteiger partial charge is 0.482 e. The third kappa shape index (κ3) is 4.21. The summed E-state index contributed by atoms with van der Waals surface area (Å²) >= 11 is 9.08. The van der Waals surface area contributed by atoms with E-state index in [2.05, 4.69) is 21.2 Å². The Kier molecular flexibility index (Phi) is 5.42.